The summed E-state index contributed by atoms with van der Waals surface area (Å²) in [6.45, 7) is 1.42. The predicted octanol–water partition coefficient (Wildman–Crippen LogP) is 2.27. The normalized spacial score (nSPS) is 14.9. The molecule has 0 radical (unpaired) electrons. The number of nitriles is 1. The smallest absolute Gasteiger partial charge is 0.140 e. The second kappa shape index (κ2) is 4.90. The molecule has 0 saturated heterocycles. The van der Waals surface area contributed by atoms with Crippen molar-refractivity contribution in [3.8, 4) is 6.07 Å². The van der Waals surface area contributed by atoms with Crippen molar-refractivity contribution in [1.29, 1.82) is 5.26 Å². The van der Waals surface area contributed by atoms with Crippen LogP contribution in [0.1, 0.15) is 30.5 Å². The molecule has 3 nitrogen and oxygen atoms in total. The van der Waals surface area contributed by atoms with Crippen LogP contribution in [0.15, 0.2) is 18.3 Å². The number of pyridine rings is 1. The third-order valence-corrected chi connectivity index (χ3v) is 2.57. The topological polar surface area (TPSA) is 45.9 Å². The quantitative estimate of drug-likeness (QED) is 0.688. The number of hydrogen-bond donors (Lipinski definition) is 0. The Morgan fingerprint density at radius 2 is 2.40 bits per heavy atom. The Labute approximate surface area is 89.7 Å². The molecule has 0 spiro atoms. The fraction of sp³-hybridized carbons (Fsp3) is 0.500. The minimum Gasteiger partial charge on any atom is -0.377 e. The Morgan fingerprint density at radius 3 is 3.13 bits per heavy atom. The summed E-state index contributed by atoms with van der Waals surface area (Å²) >= 11 is 0. The van der Waals surface area contributed by atoms with Crippen molar-refractivity contribution in [2.24, 2.45) is 5.92 Å². The Hall–Kier alpha value is -1.40. The highest BCUT2D eigenvalue weighted by Crippen LogP contribution is 2.32. The second-order valence-corrected chi connectivity index (χ2v) is 3.95. The fourth-order valence-electron chi connectivity index (χ4n) is 1.47. The van der Waals surface area contributed by atoms with E-state index in [-0.39, 0.29) is 0 Å². The lowest BCUT2D eigenvalue weighted by Crippen LogP contribution is -1.97. The van der Waals surface area contributed by atoms with Crippen LogP contribution in [-0.2, 0) is 11.3 Å². The van der Waals surface area contributed by atoms with E-state index in [2.05, 4.69) is 4.98 Å². The summed E-state index contributed by atoms with van der Waals surface area (Å²) in [5.41, 5.74) is 1.48. The first-order chi connectivity index (χ1) is 7.38. The lowest BCUT2D eigenvalue weighted by molar-refractivity contribution is 0.115. The number of aromatic nitrogens is 1. The van der Waals surface area contributed by atoms with Crippen molar-refractivity contribution in [2.45, 2.75) is 25.9 Å². The van der Waals surface area contributed by atoms with Gasteiger partial charge < -0.3 is 4.74 Å². The molecule has 1 aromatic heterocycles. The third kappa shape index (κ3) is 3.34. The van der Waals surface area contributed by atoms with Gasteiger partial charge in [0.1, 0.15) is 11.8 Å². The molecular formula is C12H14N2O. The first-order valence-electron chi connectivity index (χ1n) is 5.31. The highest BCUT2D eigenvalue weighted by Gasteiger charge is 2.20. The molecule has 0 aliphatic heterocycles. The van der Waals surface area contributed by atoms with E-state index in [1.54, 1.807) is 12.3 Å². The highest BCUT2D eigenvalue weighted by atomic mass is 16.5. The molecule has 1 heterocycles. The zero-order valence-electron chi connectivity index (χ0n) is 8.65. The van der Waals surface area contributed by atoms with Crippen molar-refractivity contribution in [1.82, 2.24) is 4.98 Å². The summed E-state index contributed by atoms with van der Waals surface area (Å²) in [5, 5.41) is 8.66. The van der Waals surface area contributed by atoms with Crippen molar-refractivity contribution in [3.63, 3.8) is 0 Å². The van der Waals surface area contributed by atoms with E-state index in [4.69, 9.17) is 10.00 Å². The summed E-state index contributed by atoms with van der Waals surface area (Å²) in [6.07, 6.45) is 5.57. The summed E-state index contributed by atoms with van der Waals surface area (Å²) < 4.78 is 5.53. The van der Waals surface area contributed by atoms with Crippen LogP contribution in [0.4, 0.5) is 0 Å². The minimum absolute atomic E-state index is 0.457. The maximum atomic E-state index is 8.66. The van der Waals surface area contributed by atoms with Crippen LogP contribution in [-0.4, -0.2) is 11.6 Å². The molecule has 3 heteroatoms. The first-order valence-corrected chi connectivity index (χ1v) is 5.31. The zero-order chi connectivity index (χ0) is 10.5. The van der Waals surface area contributed by atoms with Crippen LogP contribution >= 0.6 is 0 Å². The molecule has 0 atom stereocenters. The number of ether oxygens (including phenoxy) is 1. The molecule has 0 bridgehead atoms. The molecule has 0 unspecified atom stereocenters. The average Bonchev–Trinajstić information content (AvgIpc) is 3.09. The number of rotatable bonds is 5. The molecule has 15 heavy (non-hydrogen) atoms. The SMILES string of the molecule is N#Cc1cc(COCCC2CC2)ccn1. The molecule has 1 aliphatic rings. The zero-order valence-corrected chi connectivity index (χ0v) is 8.65. The van der Waals surface area contributed by atoms with Crippen LogP contribution in [0.3, 0.4) is 0 Å². The van der Waals surface area contributed by atoms with Crippen LogP contribution in [0.25, 0.3) is 0 Å². The van der Waals surface area contributed by atoms with Crippen LogP contribution in [0.2, 0.25) is 0 Å². The molecule has 1 fully saturated rings. The average molecular weight is 202 g/mol. The van der Waals surface area contributed by atoms with E-state index in [1.165, 1.54) is 19.3 Å². The van der Waals surface area contributed by atoms with E-state index in [0.29, 0.717) is 12.3 Å². The van der Waals surface area contributed by atoms with E-state index in [1.807, 2.05) is 12.1 Å². The molecule has 1 aromatic rings. The predicted molar refractivity (Wildman–Crippen MR) is 55.9 cm³/mol. The molecule has 2 rings (SSSR count). The largest absolute Gasteiger partial charge is 0.377 e. The summed E-state index contributed by atoms with van der Waals surface area (Å²) in [6, 6.07) is 5.68. The summed E-state index contributed by atoms with van der Waals surface area (Å²) in [5.74, 6) is 0.914. The molecule has 1 saturated carbocycles. The third-order valence-electron chi connectivity index (χ3n) is 2.57. The maximum Gasteiger partial charge on any atom is 0.140 e. The standard InChI is InChI=1S/C12H14N2O/c13-8-12-7-11(3-5-14-12)9-15-6-4-10-1-2-10/h3,5,7,10H,1-2,4,6,9H2. The Balaban J connectivity index is 1.74. The first kappa shape index (κ1) is 10.1. The second-order valence-electron chi connectivity index (χ2n) is 3.95. The van der Waals surface area contributed by atoms with Crippen molar-refractivity contribution in [2.75, 3.05) is 6.61 Å². The number of nitrogens with zero attached hydrogens (tertiary/aromatic N) is 2. The van der Waals surface area contributed by atoms with Gasteiger partial charge in [0.15, 0.2) is 0 Å². The van der Waals surface area contributed by atoms with Crippen molar-refractivity contribution >= 4 is 0 Å². The lowest BCUT2D eigenvalue weighted by Gasteiger charge is -2.03. The monoisotopic (exact) mass is 202 g/mol. The van der Waals surface area contributed by atoms with E-state index in [0.717, 1.165) is 18.1 Å². The van der Waals surface area contributed by atoms with Gasteiger partial charge in [-0.15, -0.1) is 0 Å². The van der Waals surface area contributed by atoms with Gasteiger partial charge >= 0.3 is 0 Å². The maximum absolute atomic E-state index is 8.66. The van der Waals surface area contributed by atoms with Crippen molar-refractivity contribution < 1.29 is 4.74 Å². The van der Waals surface area contributed by atoms with Gasteiger partial charge in [-0.2, -0.15) is 5.26 Å². The van der Waals surface area contributed by atoms with Crippen LogP contribution in [0.5, 0.6) is 0 Å². The number of hydrogen-bond acceptors (Lipinski definition) is 3. The molecule has 0 amide bonds. The van der Waals surface area contributed by atoms with E-state index < -0.39 is 0 Å². The fourth-order valence-corrected chi connectivity index (χ4v) is 1.47. The summed E-state index contributed by atoms with van der Waals surface area (Å²) in [4.78, 5) is 3.91. The highest BCUT2D eigenvalue weighted by molar-refractivity contribution is 5.24. The Bertz CT molecular complexity index is 366. The minimum atomic E-state index is 0.457. The van der Waals surface area contributed by atoms with Crippen LogP contribution < -0.4 is 0 Å². The van der Waals surface area contributed by atoms with Gasteiger partial charge in [-0.1, -0.05) is 12.8 Å². The van der Waals surface area contributed by atoms with Gasteiger partial charge in [0, 0.05) is 12.8 Å². The molecular weight excluding hydrogens is 188 g/mol. The van der Waals surface area contributed by atoms with Gasteiger partial charge in [-0.25, -0.2) is 4.98 Å². The molecule has 0 N–H and O–H groups in total. The van der Waals surface area contributed by atoms with Gasteiger partial charge in [-0.05, 0) is 30.0 Å². The molecule has 78 valence electrons. The molecule has 0 aromatic carbocycles. The molecule has 1 aliphatic carbocycles. The van der Waals surface area contributed by atoms with Gasteiger partial charge in [0.2, 0.25) is 0 Å². The Morgan fingerprint density at radius 1 is 1.53 bits per heavy atom. The van der Waals surface area contributed by atoms with Gasteiger partial charge in [0.05, 0.1) is 6.61 Å². The van der Waals surface area contributed by atoms with Crippen molar-refractivity contribution in [3.05, 3.63) is 29.6 Å². The Kier molecular flexibility index (Phi) is 3.31. The van der Waals surface area contributed by atoms with E-state index >= 15 is 0 Å². The van der Waals surface area contributed by atoms with Gasteiger partial charge in [-0.3, -0.25) is 0 Å². The van der Waals surface area contributed by atoms with Crippen LogP contribution in [0, 0.1) is 17.2 Å². The van der Waals surface area contributed by atoms with E-state index in [9.17, 15) is 0 Å². The van der Waals surface area contributed by atoms with Gasteiger partial charge in [0.25, 0.3) is 0 Å². The summed E-state index contributed by atoms with van der Waals surface area (Å²) in [7, 11) is 0. The lowest BCUT2D eigenvalue weighted by atomic mass is 10.2.